The molecule has 1 fully saturated rings. The molecule has 2 atom stereocenters. The Bertz CT molecular complexity index is 388. The quantitative estimate of drug-likeness (QED) is 0.682. The van der Waals surface area contributed by atoms with Crippen molar-refractivity contribution in [3.63, 3.8) is 0 Å². The normalized spacial score (nSPS) is 28.8. The molecule has 78 valence electrons. The molecule has 3 heterocycles. The molecule has 0 spiro atoms. The van der Waals surface area contributed by atoms with Crippen LogP contribution < -0.4 is 0 Å². The third kappa shape index (κ3) is 1.30. The highest BCUT2D eigenvalue weighted by Gasteiger charge is 2.39. The molecule has 2 aliphatic heterocycles. The van der Waals surface area contributed by atoms with Crippen LogP contribution in [0.15, 0.2) is 25.2 Å². The fourth-order valence-electron chi connectivity index (χ4n) is 2.95. The Labute approximate surface area is 89.8 Å². The summed E-state index contributed by atoms with van der Waals surface area (Å²) in [6.07, 6.45) is 9.28. The summed E-state index contributed by atoms with van der Waals surface area (Å²) < 4.78 is 0. The summed E-state index contributed by atoms with van der Waals surface area (Å²) in [6.45, 7) is 4.82. The molecule has 0 aromatic carbocycles. The Hall–Kier alpha value is -1.22. The number of fused-ring (bicyclic) bond motifs is 4. The van der Waals surface area contributed by atoms with Gasteiger partial charge in [0, 0.05) is 36.8 Å². The molecule has 0 N–H and O–H groups in total. The van der Waals surface area contributed by atoms with Gasteiger partial charge in [0.1, 0.15) is 6.33 Å². The van der Waals surface area contributed by atoms with E-state index < -0.39 is 0 Å². The molecule has 0 amide bonds. The van der Waals surface area contributed by atoms with Crippen LogP contribution in [0.25, 0.3) is 0 Å². The van der Waals surface area contributed by atoms with Gasteiger partial charge in [0.2, 0.25) is 0 Å². The second-order valence-electron chi connectivity index (χ2n) is 4.36. The van der Waals surface area contributed by atoms with Gasteiger partial charge < -0.3 is 0 Å². The highest BCUT2D eigenvalue weighted by atomic mass is 15.2. The van der Waals surface area contributed by atoms with Gasteiger partial charge in [0.15, 0.2) is 0 Å². The van der Waals surface area contributed by atoms with Crippen molar-refractivity contribution in [2.45, 2.75) is 31.3 Å². The molecular weight excluding hydrogens is 186 g/mol. The van der Waals surface area contributed by atoms with Gasteiger partial charge in [-0.25, -0.2) is 9.97 Å². The largest absolute Gasteiger partial charge is 0.289 e. The van der Waals surface area contributed by atoms with Crippen molar-refractivity contribution in [2.75, 3.05) is 6.54 Å². The molecule has 1 aromatic rings. The zero-order chi connectivity index (χ0) is 10.3. The summed E-state index contributed by atoms with van der Waals surface area (Å²) in [6, 6.07) is 1.22. The van der Waals surface area contributed by atoms with Crippen molar-refractivity contribution in [1.82, 2.24) is 14.9 Å². The minimum Gasteiger partial charge on any atom is -0.289 e. The Kier molecular flexibility index (Phi) is 2.06. The maximum Gasteiger partial charge on any atom is 0.115 e. The highest BCUT2D eigenvalue weighted by Crippen LogP contribution is 2.42. The van der Waals surface area contributed by atoms with E-state index in [1.165, 1.54) is 24.1 Å². The van der Waals surface area contributed by atoms with E-state index in [2.05, 4.69) is 21.4 Å². The molecule has 2 bridgehead atoms. The van der Waals surface area contributed by atoms with Gasteiger partial charge in [0.05, 0.1) is 5.69 Å². The van der Waals surface area contributed by atoms with Crippen molar-refractivity contribution in [3.8, 4) is 0 Å². The molecule has 2 aliphatic rings. The molecule has 3 heteroatoms. The van der Waals surface area contributed by atoms with Gasteiger partial charge in [-0.15, -0.1) is 6.58 Å². The predicted molar refractivity (Wildman–Crippen MR) is 58.4 cm³/mol. The number of aromatic nitrogens is 2. The van der Waals surface area contributed by atoms with Crippen LogP contribution >= 0.6 is 0 Å². The number of nitrogens with zero attached hydrogens (tertiary/aromatic N) is 3. The van der Waals surface area contributed by atoms with Crippen molar-refractivity contribution in [1.29, 1.82) is 0 Å². The Balaban J connectivity index is 2.00. The van der Waals surface area contributed by atoms with E-state index in [4.69, 9.17) is 0 Å². The maximum absolute atomic E-state index is 4.39. The molecule has 2 unspecified atom stereocenters. The van der Waals surface area contributed by atoms with Crippen molar-refractivity contribution in [3.05, 3.63) is 36.4 Å². The second kappa shape index (κ2) is 3.42. The van der Waals surface area contributed by atoms with Crippen LogP contribution in [0.2, 0.25) is 0 Å². The van der Waals surface area contributed by atoms with E-state index in [-0.39, 0.29) is 0 Å². The predicted octanol–water partition coefficient (Wildman–Crippen LogP) is 1.72. The van der Waals surface area contributed by atoms with Gasteiger partial charge in [0.25, 0.3) is 0 Å². The average Bonchev–Trinajstić information content (AvgIpc) is 2.56. The SMILES string of the molecule is C=CCN1C2CCC1c1cncnc1C2. The van der Waals surface area contributed by atoms with Gasteiger partial charge in [-0.1, -0.05) is 6.08 Å². The van der Waals surface area contributed by atoms with E-state index in [1.807, 2.05) is 12.3 Å². The molecule has 3 nitrogen and oxygen atoms in total. The van der Waals surface area contributed by atoms with Crippen LogP contribution in [0.4, 0.5) is 0 Å². The lowest BCUT2D eigenvalue weighted by Crippen LogP contribution is -2.37. The molecule has 3 rings (SSSR count). The molecule has 1 aromatic heterocycles. The minimum atomic E-state index is 0.540. The first kappa shape index (κ1) is 9.04. The summed E-state index contributed by atoms with van der Waals surface area (Å²) in [7, 11) is 0. The molecule has 1 saturated heterocycles. The summed E-state index contributed by atoms with van der Waals surface area (Å²) in [5.74, 6) is 0. The number of rotatable bonds is 2. The lowest BCUT2D eigenvalue weighted by Gasteiger charge is -2.34. The third-order valence-corrected chi connectivity index (χ3v) is 3.60. The van der Waals surface area contributed by atoms with E-state index in [1.54, 1.807) is 6.33 Å². The number of hydrogen-bond donors (Lipinski definition) is 0. The summed E-state index contributed by atoms with van der Waals surface area (Å²) in [5, 5.41) is 0. The first-order chi connectivity index (χ1) is 7.40. The van der Waals surface area contributed by atoms with E-state index in [0.29, 0.717) is 12.1 Å². The van der Waals surface area contributed by atoms with Crippen LogP contribution in [0, 0.1) is 0 Å². The van der Waals surface area contributed by atoms with Gasteiger partial charge >= 0.3 is 0 Å². The Morgan fingerprint density at radius 3 is 3.33 bits per heavy atom. The topological polar surface area (TPSA) is 29.0 Å². The molecule has 0 aliphatic carbocycles. The summed E-state index contributed by atoms with van der Waals surface area (Å²) in [4.78, 5) is 11.1. The first-order valence-corrected chi connectivity index (χ1v) is 5.55. The molecule has 0 saturated carbocycles. The van der Waals surface area contributed by atoms with Crippen LogP contribution in [0.1, 0.15) is 30.1 Å². The van der Waals surface area contributed by atoms with E-state index in [0.717, 1.165) is 13.0 Å². The van der Waals surface area contributed by atoms with Crippen molar-refractivity contribution in [2.24, 2.45) is 0 Å². The second-order valence-corrected chi connectivity index (χ2v) is 4.36. The van der Waals surface area contributed by atoms with E-state index in [9.17, 15) is 0 Å². The highest BCUT2D eigenvalue weighted by molar-refractivity contribution is 5.27. The molecular formula is C12H15N3. The van der Waals surface area contributed by atoms with Crippen LogP contribution in [0.3, 0.4) is 0 Å². The fraction of sp³-hybridized carbons (Fsp3) is 0.500. The zero-order valence-electron chi connectivity index (χ0n) is 8.76. The van der Waals surface area contributed by atoms with Crippen molar-refractivity contribution >= 4 is 0 Å². The van der Waals surface area contributed by atoms with Crippen LogP contribution in [0.5, 0.6) is 0 Å². The smallest absolute Gasteiger partial charge is 0.115 e. The number of hydrogen-bond acceptors (Lipinski definition) is 3. The van der Waals surface area contributed by atoms with Gasteiger partial charge in [-0.3, -0.25) is 4.90 Å². The lowest BCUT2D eigenvalue weighted by molar-refractivity contribution is 0.196. The summed E-state index contributed by atoms with van der Waals surface area (Å²) in [5.41, 5.74) is 2.60. The summed E-state index contributed by atoms with van der Waals surface area (Å²) >= 11 is 0. The first-order valence-electron chi connectivity index (χ1n) is 5.55. The molecule has 0 radical (unpaired) electrons. The van der Waals surface area contributed by atoms with Crippen LogP contribution in [-0.4, -0.2) is 27.5 Å². The third-order valence-electron chi connectivity index (χ3n) is 3.60. The van der Waals surface area contributed by atoms with Crippen LogP contribution in [-0.2, 0) is 6.42 Å². The van der Waals surface area contributed by atoms with Gasteiger partial charge in [-0.2, -0.15) is 0 Å². The maximum atomic E-state index is 4.39. The van der Waals surface area contributed by atoms with Gasteiger partial charge in [-0.05, 0) is 12.8 Å². The average molecular weight is 201 g/mol. The van der Waals surface area contributed by atoms with E-state index >= 15 is 0 Å². The standard InChI is InChI=1S/C12H15N3/c1-2-5-15-9-3-4-12(15)10-7-13-8-14-11(10)6-9/h2,7-9,12H,1,3-6H2. The lowest BCUT2D eigenvalue weighted by atomic mass is 9.99. The Morgan fingerprint density at radius 2 is 2.47 bits per heavy atom. The Morgan fingerprint density at radius 1 is 1.53 bits per heavy atom. The minimum absolute atomic E-state index is 0.540. The van der Waals surface area contributed by atoms with Crippen molar-refractivity contribution < 1.29 is 0 Å². The molecule has 15 heavy (non-hydrogen) atoms. The monoisotopic (exact) mass is 201 g/mol. The zero-order valence-corrected chi connectivity index (χ0v) is 8.76. The fourth-order valence-corrected chi connectivity index (χ4v) is 2.95.